The summed E-state index contributed by atoms with van der Waals surface area (Å²) in [5.74, 6) is -1.08. The maximum Gasteiger partial charge on any atom is 0.247 e. The number of amides is 3. The number of rotatable bonds is 3. The number of hydrogen-bond donors (Lipinski definition) is 1. The number of carbonyl (C=O) groups excluding carboxylic acids is 3. The van der Waals surface area contributed by atoms with Crippen LogP contribution in [-0.2, 0) is 14.4 Å². The Bertz CT molecular complexity index is 901. The zero-order valence-corrected chi connectivity index (χ0v) is 15.2. The van der Waals surface area contributed by atoms with Crippen LogP contribution in [0.2, 0.25) is 0 Å². The van der Waals surface area contributed by atoms with Gasteiger partial charge < -0.3 is 10.2 Å². The van der Waals surface area contributed by atoms with E-state index in [0.717, 1.165) is 0 Å². The highest BCUT2D eigenvalue weighted by Gasteiger charge is 2.43. The molecule has 0 aromatic heterocycles. The van der Waals surface area contributed by atoms with E-state index < -0.39 is 17.9 Å². The SMILES string of the molecule is O=C1NCCN(C(=O)C2CCC(=O)N2c2ccccc2)C1c1ccc(F)cc1. The second-order valence-electron chi connectivity index (χ2n) is 6.93. The molecule has 2 aromatic carbocycles. The van der Waals surface area contributed by atoms with Crippen LogP contribution in [0.5, 0.6) is 0 Å². The molecular weight excluding hydrogens is 361 g/mol. The Hall–Kier alpha value is -3.22. The number of anilines is 1. The van der Waals surface area contributed by atoms with E-state index in [0.29, 0.717) is 30.8 Å². The highest BCUT2D eigenvalue weighted by atomic mass is 19.1. The van der Waals surface area contributed by atoms with Crippen molar-refractivity contribution in [2.24, 2.45) is 0 Å². The lowest BCUT2D eigenvalue weighted by Crippen LogP contribution is -2.56. The van der Waals surface area contributed by atoms with Gasteiger partial charge in [0.25, 0.3) is 0 Å². The van der Waals surface area contributed by atoms with Gasteiger partial charge >= 0.3 is 0 Å². The molecule has 144 valence electrons. The average Bonchev–Trinajstić information content (AvgIpc) is 3.10. The largest absolute Gasteiger partial charge is 0.352 e. The van der Waals surface area contributed by atoms with E-state index in [1.165, 1.54) is 34.1 Å². The molecule has 2 unspecified atom stereocenters. The number of halogens is 1. The smallest absolute Gasteiger partial charge is 0.247 e. The molecule has 2 atom stereocenters. The number of nitrogens with one attached hydrogen (secondary N) is 1. The molecule has 3 amide bonds. The van der Waals surface area contributed by atoms with Crippen molar-refractivity contribution in [1.29, 1.82) is 0 Å². The molecule has 0 spiro atoms. The average molecular weight is 381 g/mol. The van der Waals surface area contributed by atoms with E-state index in [1.54, 1.807) is 12.1 Å². The fourth-order valence-corrected chi connectivity index (χ4v) is 3.90. The molecule has 0 radical (unpaired) electrons. The third kappa shape index (κ3) is 3.24. The van der Waals surface area contributed by atoms with Gasteiger partial charge in [-0.25, -0.2) is 4.39 Å². The summed E-state index contributed by atoms with van der Waals surface area (Å²) in [7, 11) is 0. The van der Waals surface area contributed by atoms with Crippen molar-refractivity contribution in [1.82, 2.24) is 10.2 Å². The fourth-order valence-electron chi connectivity index (χ4n) is 3.90. The summed E-state index contributed by atoms with van der Waals surface area (Å²) in [6, 6.07) is 13.2. The van der Waals surface area contributed by atoms with Gasteiger partial charge in [-0.1, -0.05) is 30.3 Å². The number of hydrogen-bond acceptors (Lipinski definition) is 3. The Kier molecular flexibility index (Phi) is 4.81. The van der Waals surface area contributed by atoms with Gasteiger partial charge in [0.1, 0.15) is 17.9 Å². The van der Waals surface area contributed by atoms with Crippen molar-refractivity contribution in [2.75, 3.05) is 18.0 Å². The summed E-state index contributed by atoms with van der Waals surface area (Å²) in [6.45, 7) is 0.675. The van der Waals surface area contributed by atoms with Crippen molar-refractivity contribution in [2.45, 2.75) is 24.9 Å². The summed E-state index contributed by atoms with van der Waals surface area (Å²) in [4.78, 5) is 41.4. The summed E-state index contributed by atoms with van der Waals surface area (Å²) < 4.78 is 13.3. The van der Waals surface area contributed by atoms with Gasteiger partial charge in [-0.15, -0.1) is 0 Å². The van der Waals surface area contributed by atoms with Crippen LogP contribution in [0.15, 0.2) is 54.6 Å². The molecule has 0 saturated carbocycles. The lowest BCUT2D eigenvalue weighted by atomic mass is 10.0. The molecule has 2 aliphatic rings. The van der Waals surface area contributed by atoms with Gasteiger partial charge in [0.2, 0.25) is 17.7 Å². The number of benzene rings is 2. The highest BCUT2D eigenvalue weighted by molar-refractivity contribution is 6.04. The van der Waals surface area contributed by atoms with Gasteiger partial charge in [-0.05, 0) is 36.2 Å². The molecule has 2 aromatic rings. The Labute approximate surface area is 161 Å². The number of para-hydroxylation sites is 1. The van der Waals surface area contributed by atoms with Crippen molar-refractivity contribution < 1.29 is 18.8 Å². The molecule has 4 rings (SSSR count). The van der Waals surface area contributed by atoms with Gasteiger partial charge in [-0.2, -0.15) is 0 Å². The van der Waals surface area contributed by atoms with Gasteiger partial charge in [0.05, 0.1) is 0 Å². The minimum Gasteiger partial charge on any atom is -0.352 e. The minimum absolute atomic E-state index is 0.107. The third-order valence-corrected chi connectivity index (χ3v) is 5.21. The number of carbonyl (C=O) groups is 3. The molecule has 2 saturated heterocycles. The quantitative estimate of drug-likeness (QED) is 0.884. The molecule has 2 fully saturated rings. The van der Waals surface area contributed by atoms with Crippen LogP contribution in [0.4, 0.5) is 10.1 Å². The molecule has 2 heterocycles. The third-order valence-electron chi connectivity index (χ3n) is 5.21. The van der Waals surface area contributed by atoms with E-state index in [4.69, 9.17) is 0 Å². The van der Waals surface area contributed by atoms with Crippen LogP contribution in [0, 0.1) is 5.82 Å². The Balaban J connectivity index is 1.65. The van der Waals surface area contributed by atoms with Crippen molar-refractivity contribution in [3.63, 3.8) is 0 Å². The first kappa shape index (κ1) is 18.2. The normalized spacial score (nSPS) is 22.3. The first-order valence-electron chi connectivity index (χ1n) is 9.27. The van der Waals surface area contributed by atoms with Crippen molar-refractivity contribution >= 4 is 23.4 Å². The Morgan fingerprint density at radius 3 is 2.46 bits per heavy atom. The lowest BCUT2D eigenvalue weighted by molar-refractivity contribution is -0.144. The summed E-state index contributed by atoms with van der Waals surface area (Å²) in [5.41, 5.74) is 1.21. The van der Waals surface area contributed by atoms with E-state index in [2.05, 4.69) is 5.32 Å². The standard InChI is InChI=1S/C21H20FN3O3/c22-15-8-6-14(7-9-15)19-20(27)23-12-13-24(19)21(28)17-10-11-18(26)25(17)16-4-2-1-3-5-16/h1-9,17,19H,10-13H2,(H,23,27). The van der Waals surface area contributed by atoms with Gasteiger partial charge in [0.15, 0.2) is 0 Å². The van der Waals surface area contributed by atoms with Crippen LogP contribution in [0.1, 0.15) is 24.4 Å². The second-order valence-corrected chi connectivity index (χ2v) is 6.93. The van der Waals surface area contributed by atoms with Crippen molar-refractivity contribution in [3.05, 3.63) is 66.0 Å². The first-order valence-corrected chi connectivity index (χ1v) is 9.27. The van der Waals surface area contributed by atoms with Crippen LogP contribution < -0.4 is 10.2 Å². The Morgan fingerprint density at radius 2 is 1.75 bits per heavy atom. The van der Waals surface area contributed by atoms with Gasteiger partial charge in [-0.3, -0.25) is 19.3 Å². The molecule has 6 nitrogen and oxygen atoms in total. The molecule has 0 bridgehead atoms. The first-order chi connectivity index (χ1) is 13.6. The monoisotopic (exact) mass is 381 g/mol. The summed E-state index contributed by atoms with van der Waals surface area (Å²) in [6.07, 6.45) is 0.688. The Morgan fingerprint density at radius 1 is 1.04 bits per heavy atom. The molecule has 28 heavy (non-hydrogen) atoms. The fraction of sp³-hybridized carbons (Fsp3) is 0.286. The van der Waals surface area contributed by atoms with Crippen LogP contribution in [0.3, 0.4) is 0 Å². The summed E-state index contributed by atoms with van der Waals surface area (Å²) in [5, 5.41) is 2.77. The molecule has 0 aliphatic carbocycles. The zero-order chi connectivity index (χ0) is 19.7. The maximum absolute atomic E-state index is 13.4. The van der Waals surface area contributed by atoms with E-state index in [-0.39, 0.29) is 24.1 Å². The lowest BCUT2D eigenvalue weighted by Gasteiger charge is -2.38. The van der Waals surface area contributed by atoms with E-state index in [1.807, 2.05) is 18.2 Å². The molecule has 2 aliphatic heterocycles. The van der Waals surface area contributed by atoms with E-state index in [9.17, 15) is 18.8 Å². The highest BCUT2D eigenvalue weighted by Crippen LogP contribution is 2.31. The topological polar surface area (TPSA) is 69.7 Å². The second kappa shape index (κ2) is 7.42. The number of nitrogens with zero attached hydrogens (tertiary/aromatic N) is 2. The predicted molar refractivity (Wildman–Crippen MR) is 101 cm³/mol. The van der Waals surface area contributed by atoms with Gasteiger partial charge in [0, 0.05) is 25.2 Å². The van der Waals surface area contributed by atoms with Crippen LogP contribution in [0.25, 0.3) is 0 Å². The predicted octanol–water partition coefficient (Wildman–Crippen LogP) is 2.02. The molecular formula is C21H20FN3O3. The maximum atomic E-state index is 13.4. The number of piperazine rings is 1. The minimum atomic E-state index is -0.838. The zero-order valence-electron chi connectivity index (χ0n) is 15.2. The molecule has 1 N–H and O–H groups in total. The summed E-state index contributed by atoms with van der Waals surface area (Å²) >= 11 is 0. The molecule has 7 heteroatoms. The van der Waals surface area contributed by atoms with Crippen LogP contribution in [-0.4, -0.2) is 41.8 Å². The van der Waals surface area contributed by atoms with E-state index >= 15 is 0 Å². The van der Waals surface area contributed by atoms with Crippen LogP contribution >= 0.6 is 0 Å². The van der Waals surface area contributed by atoms with Crippen molar-refractivity contribution in [3.8, 4) is 0 Å².